The number of benzene rings is 1. The van der Waals surface area contributed by atoms with Crippen molar-refractivity contribution >= 4 is 33.6 Å². The van der Waals surface area contributed by atoms with Crippen molar-refractivity contribution in [3.05, 3.63) is 34.9 Å². The van der Waals surface area contributed by atoms with Crippen molar-refractivity contribution in [2.75, 3.05) is 0 Å². The van der Waals surface area contributed by atoms with Crippen LogP contribution in [-0.2, 0) is 11.2 Å². The van der Waals surface area contributed by atoms with Crippen molar-refractivity contribution in [1.82, 2.24) is 0 Å². The summed E-state index contributed by atoms with van der Waals surface area (Å²) in [6.45, 7) is 0. The van der Waals surface area contributed by atoms with Crippen molar-refractivity contribution < 1.29 is 9.90 Å². The van der Waals surface area contributed by atoms with E-state index in [1.54, 1.807) is 6.07 Å². The molecule has 69 valence electrons. The Labute approximate surface area is 89.7 Å². The molecule has 4 heteroatoms. The molecule has 0 amide bonds. The summed E-state index contributed by atoms with van der Waals surface area (Å²) in [5, 5.41) is 9.27. The molecule has 0 bridgehead atoms. The van der Waals surface area contributed by atoms with Gasteiger partial charge in [-0.05, 0) is 0 Å². The molecule has 1 unspecified atom stereocenters. The normalized spacial score (nSPS) is 12.5. The van der Waals surface area contributed by atoms with Crippen LogP contribution in [-0.4, -0.2) is 27.1 Å². The fourth-order valence-electron chi connectivity index (χ4n) is 0.951. The Kier molecular flexibility index (Phi) is 3.79. The summed E-state index contributed by atoms with van der Waals surface area (Å²) in [5.74, 6) is -0.847. The quantitative estimate of drug-likeness (QED) is 0.845. The van der Waals surface area contributed by atoms with Crippen LogP contribution < -0.4 is 0 Å². The summed E-state index contributed by atoms with van der Waals surface area (Å²) < 4.78 is 0. The van der Waals surface area contributed by atoms with Gasteiger partial charge in [0.15, 0.2) is 0 Å². The molecule has 1 N–H and O–H groups in total. The molecule has 0 fully saturated rings. The van der Waals surface area contributed by atoms with Crippen LogP contribution in [0.25, 0.3) is 0 Å². The van der Waals surface area contributed by atoms with Gasteiger partial charge in [0.1, 0.15) is 0 Å². The van der Waals surface area contributed by atoms with E-state index in [-0.39, 0.29) is 0 Å². The molecule has 0 aliphatic carbocycles. The number of halogens is 1. The zero-order valence-corrected chi connectivity index (χ0v) is 9.20. The molecule has 0 saturated heterocycles. The predicted octanol–water partition coefficient (Wildman–Crippen LogP) is 1.92. The summed E-state index contributed by atoms with van der Waals surface area (Å²) in [6.07, 6.45) is 0.426. The molecule has 1 radical (unpaired) electrons. The molecule has 0 aromatic heterocycles. The molecule has 2 nitrogen and oxygen atoms in total. The minimum absolute atomic E-state index is 0.426. The minimum atomic E-state index is -0.847. The summed E-state index contributed by atoms with van der Waals surface area (Å²) >= 11 is 8.46. The fraction of sp³-hybridized carbons (Fsp3) is 0.222. The van der Waals surface area contributed by atoms with Crippen LogP contribution >= 0.6 is 11.6 Å². The number of rotatable bonds is 3. The van der Waals surface area contributed by atoms with Crippen LogP contribution in [0.4, 0.5) is 0 Å². The molecule has 1 aromatic rings. The van der Waals surface area contributed by atoms with Gasteiger partial charge in [0, 0.05) is 0 Å². The van der Waals surface area contributed by atoms with E-state index in [1.165, 1.54) is 0 Å². The number of hydrogen-bond acceptors (Lipinski definition) is 1. The monoisotopic (exact) mass is 263 g/mol. The average Bonchev–Trinajstić information content (AvgIpc) is 2.08. The predicted molar refractivity (Wildman–Crippen MR) is 52.3 cm³/mol. The van der Waals surface area contributed by atoms with Crippen LogP contribution in [0, 0.1) is 0 Å². The number of carbonyl (C=O) groups is 1. The van der Waals surface area contributed by atoms with E-state index >= 15 is 0 Å². The Hall–Kier alpha value is -0.501. The first-order valence-corrected chi connectivity index (χ1v) is 5.10. The van der Waals surface area contributed by atoms with E-state index < -0.39 is 10.8 Å². The number of aliphatic carboxylic acids is 1. The van der Waals surface area contributed by atoms with E-state index in [9.17, 15) is 4.79 Å². The Morgan fingerprint density at radius 1 is 1.54 bits per heavy atom. The average molecular weight is 263 g/mol. The van der Waals surface area contributed by atoms with E-state index in [1.807, 2.05) is 18.2 Å². The Bertz CT molecular complexity index is 314. The zero-order valence-electron chi connectivity index (χ0n) is 6.74. The van der Waals surface area contributed by atoms with Crippen molar-refractivity contribution in [2.45, 2.75) is 11.2 Å². The van der Waals surface area contributed by atoms with Gasteiger partial charge in [0.05, 0.1) is 0 Å². The SMILES string of the molecule is O=C(O)C([Se])Cc1ccccc1Cl. The van der Waals surface area contributed by atoms with Crippen molar-refractivity contribution in [3.63, 3.8) is 0 Å². The molecule has 0 aliphatic heterocycles. The van der Waals surface area contributed by atoms with Crippen molar-refractivity contribution in [2.24, 2.45) is 0 Å². The molecular weight excluding hydrogens is 255 g/mol. The van der Waals surface area contributed by atoms with Crippen LogP contribution in [0.1, 0.15) is 5.56 Å². The number of carboxylic acids is 1. The van der Waals surface area contributed by atoms with E-state index in [4.69, 9.17) is 16.7 Å². The third kappa shape index (κ3) is 3.03. The maximum atomic E-state index is 10.5. The first-order chi connectivity index (χ1) is 6.11. The first kappa shape index (κ1) is 10.6. The zero-order chi connectivity index (χ0) is 9.84. The summed E-state index contributed by atoms with van der Waals surface area (Å²) in [6, 6.07) is 7.25. The van der Waals surface area contributed by atoms with Gasteiger partial charge in [-0.3, -0.25) is 0 Å². The third-order valence-electron chi connectivity index (χ3n) is 1.64. The van der Waals surface area contributed by atoms with Crippen LogP contribution in [0.2, 0.25) is 9.84 Å². The van der Waals surface area contributed by atoms with E-state index in [0.29, 0.717) is 11.4 Å². The van der Waals surface area contributed by atoms with Gasteiger partial charge >= 0.3 is 89.6 Å². The van der Waals surface area contributed by atoms with Gasteiger partial charge in [-0.25, -0.2) is 0 Å². The van der Waals surface area contributed by atoms with Crippen LogP contribution in [0.3, 0.4) is 0 Å². The Morgan fingerprint density at radius 3 is 2.69 bits per heavy atom. The molecule has 13 heavy (non-hydrogen) atoms. The van der Waals surface area contributed by atoms with Gasteiger partial charge < -0.3 is 0 Å². The summed E-state index contributed by atoms with van der Waals surface area (Å²) in [4.78, 5) is 10.0. The molecule has 1 atom stereocenters. The maximum absolute atomic E-state index is 10.5. The summed E-state index contributed by atoms with van der Waals surface area (Å²) in [5.41, 5.74) is 0.857. The first-order valence-electron chi connectivity index (χ1n) is 3.73. The second kappa shape index (κ2) is 4.66. The third-order valence-corrected chi connectivity index (χ3v) is 2.78. The van der Waals surface area contributed by atoms with E-state index in [0.717, 1.165) is 5.56 Å². The second-order valence-electron chi connectivity index (χ2n) is 2.62. The molecule has 1 rings (SSSR count). The van der Waals surface area contributed by atoms with Gasteiger partial charge in [0.25, 0.3) is 0 Å². The number of hydrogen-bond donors (Lipinski definition) is 1. The van der Waals surface area contributed by atoms with Crippen molar-refractivity contribution in [1.29, 1.82) is 0 Å². The molecule has 1 aromatic carbocycles. The van der Waals surface area contributed by atoms with Crippen LogP contribution in [0.5, 0.6) is 0 Å². The van der Waals surface area contributed by atoms with E-state index in [2.05, 4.69) is 16.0 Å². The molecule has 0 spiro atoms. The molecule has 0 saturated carbocycles. The van der Waals surface area contributed by atoms with Gasteiger partial charge in [0.2, 0.25) is 0 Å². The van der Waals surface area contributed by atoms with Crippen LogP contribution in [0.15, 0.2) is 24.3 Å². The van der Waals surface area contributed by atoms with Gasteiger partial charge in [-0.2, -0.15) is 0 Å². The molecular formula is C9H8ClO2Se. The number of carboxylic acid groups (broad SMARTS) is 1. The van der Waals surface area contributed by atoms with Crippen molar-refractivity contribution in [3.8, 4) is 0 Å². The standard InChI is InChI=1S/C9H8ClO2Se/c10-7-4-2-1-3-6(7)5-8(13)9(11)12/h1-4,8H,5H2,(H,11,12). The topological polar surface area (TPSA) is 37.3 Å². The fourth-order valence-corrected chi connectivity index (χ4v) is 1.54. The molecule has 0 heterocycles. The Balaban J connectivity index is 2.74. The Morgan fingerprint density at radius 2 is 2.15 bits per heavy atom. The second-order valence-corrected chi connectivity index (χ2v) is 4.22. The van der Waals surface area contributed by atoms with Gasteiger partial charge in [-0.1, -0.05) is 0 Å². The molecule has 0 aliphatic rings. The van der Waals surface area contributed by atoms with Gasteiger partial charge in [-0.15, -0.1) is 0 Å². The summed E-state index contributed by atoms with van der Waals surface area (Å²) in [7, 11) is 0.